The quantitative estimate of drug-likeness (QED) is 0.645. The van der Waals surface area contributed by atoms with Crippen molar-refractivity contribution < 1.29 is 35.1 Å². The lowest BCUT2D eigenvalue weighted by molar-refractivity contribution is -0.348. The number of benzene rings is 1. The van der Waals surface area contributed by atoms with Crippen LogP contribution in [0.15, 0.2) is 42.5 Å². The summed E-state index contributed by atoms with van der Waals surface area (Å²) in [4.78, 5) is 3.61. The normalized spacial score (nSPS) is 23.8. The van der Waals surface area contributed by atoms with Crippen molar-refractivity contribution in [2.75, 3.05) is 0 Å². The number of fused-ring (bicyclic) bond motifs is 1. The monoisotopic (exact) mass is 353 g/mol. The highest BCUT2D eigenvalue weighted by Gasteiger charge is 2.83. The van der Waals surface area contributed by atoms with Crippen LogP contribution in [-0.4, -0.2) is 28.7 Å². The number of hydrogen-bond donors (Lipinski definition) is 0. The number of alkyl halides is 8. The number of nitrogens with zero attached hydrogens (tertiary/aromatic N) is 1. The van der Waals surface area contributed by atoms with Crippen LogP contribution in [0.3, 0.4) is 0 Å². The molecule has 0 N–H and O–H groups in total. The molecule has 0 radical (unpaired) electrons. The first-order valence-electron chi connectivity index (χ1n) is 6.52. The molecular formula is C15H7F8N. The minimum Gasteiger partial charge on any atom is -0.248 e. The lowest BCUT2D eigenvalue weighted by atomic mass is 9.84. The van der Waals surface area contributed by atoms with E-state index in [1.54, 1.807) is 6.07 Å². The number of rotatable bonds is 1. The summed E-state index contributed by atoms with van der Waals surface area (Å²) in [6, 6.07) is 7.91. The molecule has 128 valence electrons. The maximum absolute atomic E-state index is 13.9. The average molecular weight is 353 g/mol. The molecule has 1 nitrogen and oxygen atoms in total. The van der Waals surface area contributed by atoms with Gasteiger partial charge in [-0.15, -0.1) is 0 Å². The molecule has 1 heterocycles. The van der Waals surface area contributed by atoms with E-state index in [9.17, 15) is 35.1 Å². The standard InChI is InChI=1S/C15H7F8N/c16-12(17)7-9(13(18,19)15(22,23)14(12,20)21)11-6-5-8-3-1-2-4-10(8)24-11/h1-7H. The van der Waals surface area contributed by atoms with Crippen molar-refractivity contribution in [1.82, 2.24) is 4.98 Å². The first-order valence-corrected chi connectivity index (χ1v) is 6.52. The van der Waals surface area contributed by atoms with Crippen molar-refractivity contribution >= 4 is 16.5 Å². The molecule has 0 saturated heterocycles. The fourth-order valence-electron chi connectivity index (χ4n) is 2.39. The van der Waals surface area contributed by atoms with Crippen molar-refractivity contribution in [3.8, 4) is 0 Å². The SMILES string of the molecule is FC1(F)C=C(c2ccc3ccccc3n2)C(F)(F)C(F)(F)C1(F)F. The average Bonchev–Trinajstić information content (AvgIpc) is 2.50. The third-order valence-corrected chi connectivity index (χ3v) is 3.75. The van der Waals surface area contributed by atoms with Crippen molar-refractivity contribution in [2.24, 2.45) is 0 Å². The van der Waals surface area contributed by atoms with Crippen LogP contribution in [0.1, 0.15) is 5.69 Å². The Morgan fingerprint density at radius 3 is 2.00 bits per heavy atom. The van der Waals surface area contributed by atoms with Gasteiger partial charge in [0.05, 0.1) is 16.8 Å². The minimum absolute atomic E-state index is 0.0654. The fourth-order valence-corrected chi connectivity index (χ4v) is 2.39. The van der Waals surface area contributed by atoms with Crippen LogP contribution in [-0.2, 0) is 0 Å². The Balaban J connectivity index is 2.26. The van der Waals surface area contributed by atoms with Crippen molar-refractivity contribution in [3.63, 3.8) is 0 Å². The van der Waals surface area contributed by atoms with E-state index in [0.29, 0.717) is 5.39 Å². The smallest absolute Gasteiger partial charge is 0.248 e. The second-order valence-corrected chi connectivity index (χ2v) is 5.29. The molecule has 2 aromatic rings. The number of para-hydroxylation sites is 1. The van der Waals surface area contributed by atoms with E-state index >= 15 is 0 Å². The van der Waals surface area contributed by atoms with Crippen LogP contribution in [0.25, 0.3) is 16.5 Å². The van der Waals surface area contributed by atoms with Crippen LogP contribution < -0.4 is 0 Å². The van der Waals surface area contributed by atoms with Gasteiger partial charge in [0.25, 0.3) is 0 Å². The highest BCUT2D eigenvalue weighted by molar-refractivity contribution is 5.82. The van der Waals surface area contributed by atoms with E-state index in [2.05, 4.69) is 4.98 Å². The largest absolute Gasteiger partial charge is 0.382 e. The summed E-state index contributed by atoms with van der Waals surface area (Å²) in [6.07, 6.45) is -0.832. The molecule has 3 rings (SSSR count). The van der Waals surface area contributed by atoms with E-state index in [1.165, 1.54) is 24.3 Å². The Hall–Kier alpha value is -2.19. The Bertz CT molecular complexity index is 840. The number of halogens is 8. The van der Waals surface area contributed by atoms with Crippen LogP contribution in [0, 0.1) is 0 Å². The molecule has 1 aliphatic rings. The molecule has 0 aliphatic heterocycles. The fraction of sp³-hybridized carbons (Fsp3) is 0.267. The molecule has 9 heteroatoms. The first-order chi connectivity index (χ1) is 10.9. The van der Waals surface area contributed by atoms with Gasteiger partial charge in [-0.3, -0.25) is 0 Å². The van der Waals surface area contributed by atoms with Gasteiger partial charge in [0, 0.05) is 11.5 Å². The summed E-state index contributed by atoms with van der Waals surface area (Å²) in [5.74, 6) is -23.5. The van der Waals surface area contributed by atoms with E-state index in [0.717, 1.165) is 6.07 Å². The van der Waals surface area contributed by atoms with Gasteiger partial charge in [0.2, 0.25) is 0 Å². The summed E-state index contributed by atoms with van der Waals surface area (Å²) in [5, 5.41) is 0.435. The van der Waals surface area contributed by atoms with Gasteiger partial charge < -0.3 is 0 Å². The van der Waals surface area contributed by atoms with Gasteiger partial charge in [-0.2, -0.15) is 35.1 Å². The summed E-state index contributed by atoms with van der Waals surface area (Å²) in [6.45, 7) is 0. The van der Waals surface area contributed by atoms with E-state index in [4.69, 9.17) is 0 Å². The van der Waals surface area contributed by atoms with Crippen LogP contribution in [0.5, 0.6) is 0 Å². The molecule has 0 atom stereocenters. The Kier molecular flexibility index (Phi) is 3.24. The number of allylic oxidation sites excluding steroid dienone is 2. The minimum atomic E-state index is -6.28. The third-order valence-electron chi connectivity index (χ3n) is 3.75. The maximum atomic E-state index is 13.9. The molecule has 0 fully saturated rings. The highest BCUT2D eigenvalue weighted by Crippen LogP contribution is 2.60. The molecule has 1 aromatic carbocycles. The molecule has 0 bridgehead atoms. The zero-order valence-corrected chi connectivity index (χ0v) is 11.5. The third kappa shape index (κ3) is 1.96. The van der Waals surface area contributed by atoms with Gasteiger partial charge in [0.1, 0.15) is 0 Å². The second-order valence-electron chi connectivity index (χ2n) is 5.29. The van der Waals surface area contributed by atoms with Crippen LogP contribution in [0.2, 0.25) is 0 Å². The van der Waals surface area contributed by atoms with Crippen LogP contribution >= 0.6 is 0 Å². The maximum Gasteiger partial charge on any atom is 0.382 e. The molecule has 0 unspecified atom stereocenters. The molecular weight excluding hydrogens is 346 g/mol. The summed E-state index contributed by atoms with van der Waals surface area (Å²) >= 11 is 0. The Labute approximate surface area is 129 Å². The first kappa shape index (κ1) is 16.7. The summed E-state index contributed by atoms with van der Waals surface area (Å²) in [5.41, 5.74) is -2.79. The molecule has 1 aromatic heterocycles. The van der Waals surface area contributed by atoms with Gasteiger partial charge in [-0.05, 0) is 12.1 Å². The highest BCUT2D eigenvalue weighted by atomic mass is 19.4. The van der Waals surface area contributed by atoms with Crippen molar-refractivity contribution in [2.45, 2.75) is 23.7 Å². The van der Waals surface area contributed by atoms with E-state index in [1.807, 2.05) is 0 Å². The lowest BCUT2D eigenvalue weighted by Crippen LogP contribution is -2.65. The zero-order chi connectivity index (χ0) is 18.0. The molecule has 0 spiro atoms. The van der Waals surface area contributed by atoms with Gasteiger partial charge in [-0.25, -0.2) is 4.98 Å². The summed E-state index contributed by atoms with van der Waals surface area (Å²) in [7, 11) is 0. The predicted molar refractivity (Wildman–Crippen MR) is 69.5 cm³/mol. The molecule has 1 aliphatic carbocycles. The van der Waals surface area contributed by atoms with E-state index < -0.39 is 41.0 Å². The van der Waals surface area contributed by atoms with Crippen molar-refractivity contribution in [3.05, 3.63) is 48.2 Å². The number of aromatic nitrogens is 1. The van der Waals surface area contributed by atoms with E-state index in [-0.39, 0.29) is 5.52 Å². The van der Waals surface area contributed by atoms with Gasteiger partial charge in [0.15, 0.2) is 0 Å². The molecule has 0 saturated carbocycles. The Morgan fingerprint density at radius 2 is 1.33 bits per heavy atom. The van der Waals surface area contributed by atoms with Crippen molar-refractivity contribution in [1.29, 1.82) is 0 Å². The zero-order valence-electron chi connectivity index (χ0n) is 11.5. The molecule has 0 amide bonds. The summed E-state index contributed by atoms with van der Waals surface area (Å²) < 4.78 is 108. The molecule has 24 heavy (non-hydrogen) atoms. The topological polar surface area (TPSA) is 12.9 Å². The number of pyridine rings is 1. The van der Waals surface area contributed by atoms with Gasteiger partial charge in [-0.1, -0.05) is 24.3 Å². The Morgan fingerprint density at radius 1 is 0.708 bits per heavy atom. The van der Waals surface area contributed by atoms with Gasteiger partial charge >= 0.3 is 23.7 Å². The lowest BCUT2D eigenvalue weighted by Gasteiger charge is -2.40. The second kappa shape index (κ2) is 4.67. The number of hydrogen-bond acceptors (Lipinski definition) is 1. The van der Waals surface area contributed by atoms with Crippen LogP contribution in [0.4, 0.5) is 35.1 Å². The predicted octanol–water partition coefficient (Wildman–Crippen LogP) is 5.17.